The summed E-state index contributed by atoms with van der Waals surface area (Å²) in [5.41, 5.74) is 3.74. The molecule has 1 atom stereocenters. The van der Waals surface area contributed by atoms with Gasteiger partial charge in [-0.05, 0) is 32.4 Å². The van der Waals surface area contributed by atoms with Crippen LogP contribution in [0.25, 0.3) is 5.69 Å². The Bertz CT molecular complexity index is 668. The Morgan fingerprint density at radius 3 is 2.71 bits per heavy atom. The number of carbonyl (C=O) groups excluding carboxylic acids is 1. The Balaban J connectivity index is 1.98. The van der Waals surface area contributed by atoms with Crippen LogP contribution in [0.15, 0.2) is 30.3 Å². The van der Waals surface area contributed by atoms with Crippen molar-refractivity contribution in [2.75, 3.05) is 20.3 Å². The second kappa shape index (κ2) is 8.61. The average Bonchev–Trinajstić information content (AvgIpc) is 2.84. The zero-order valence-corrected chi connectivity index (χ0v) is 14.5. The zero-order chi connectivity index (χ0) is 17.5. The van der Waals surface area contributed by atoms with E-state index < -0.39 is 6.10 Å². The van der Waals surface area contributed by atoms with Crippen molar-refractivity contribution in [2.45, 2.75) is 32.8 Å². The first-order valence-corrected chi connectivity index (χ1v) is 8.07. The van der Waals surface area contributed by atoms with Gasteiger partial charge in [0.2, 0.25) is 5.91 Å². The van der Waals surface area contributed by atoms with Crippen molar-refractivity contribution in [1.82, 2.24) is 15.1 Å². The number of hydrogen-bond donors (Lipinski definition) is 2. The molecule has 0 spiro atoms. The van der Waals surface area contributed by atoms with Crippen LogP contribution in [0.1, 0.15) is 23.4 Å². The number of benzene rings is 1. The van der Waals surface area contributed by atoms with Crippen LogP contribution in [0.3, 0.4) is 0 Å². The Hall–Kier alpha value is -2.18. The number of methoxy groups -OCH3 is 1. The largest absolute Gasteiger partial charge is 0.391 e. The third-order valence-corrected chi connectivity index (χ3v) is 3.94. The molecular formula is C18H25N3O3. The number of ether oxygens (including phenoxy) is 1. The lowest BCUT2D eigenvalue weighted by Crippen LogP contribution is -2.29. The van der Waals surface area contributed by atoms with Crippen molar-refractivity contribution in [1.29, 1.82) is 0 Å². The molecule has 0 saturated carbocycles. The van der Waals surface area contributed by atoms with Crippen LogP contribution in [-0.4, -0.2) is 47.2 Å². The number of carbonyl (C=O) groups is 1. The highest BCUT2D eigenvalue weighted by Crippen LogP contribution is 2.18. The topological polar surface area (TPSA) is 76.4 Å². The maximum absolute atomic E-state index is 12.1. The SMILES string of the molecule is COCC(O)CCNC(=O)Cc1c(C)nn(-c2ccccc2)c1C. The molecule has 24 heavy (non-hydrogen) atoms. The van der Waals surface area contributed by atoms with Gasteiger partial charge in [0, 0.05) is 24.9 Å². The van der Waals surface area contributed by atoms with E-state index in [1.807, 2.05) is 48.9 Å². The van der Waals surface area contributed by atoms with Gasteiger partial charge in [0.05, 0.1) is 30.5 Å². The normalized spacial score (nSPS) is 12.2. The number of para-hydroxylation sites is 1. The van der Waals surface area contributed by atoms with Crippen LogP contribution in [0.4, 0.5) is 0 Å². The lowest BCUT2D eigenvalue weighted by molar-refractivity contribution is -0.120. The van der Waals surface area contributed by atoms with Gasteiger partial charge in [-0.2, -0.15) is 5.10 Å². The zero-order valence-electron chi connectivity index (χ0n) is 14.5. The van der Waals surface area contributed by atoms with E-state index in [2.05, 4.69) is 10.4 Å². The Morgan fingerprint density at radius 2 is 2.04 bits per heavy atom. The molecule has 0 saturated heterocycles. The fourth-order valence-electron chi connectivity index (χ4n) is 2.63. The van der Waals surface area contributed by atoms with Gasteiger partial charge in [-0.3, -0.25) is 4.79 Å². The molecule has 2 aromatic rings. The van der Waals surface area contributed by atoms with E-state index in [0.717, 1.165) is 22.6 Å². The van der Waals surface area contributed by atoms with Crippen LogP contribution in [0, 0.1) is 13.8 Å². The van der Waals surface area contributed by atoms with E-state index in [9.17, 15) is 9.90 Å². The van der Waals surface area contributed by atoms with E-state index in [1.54, 1.807) is 0 Å². The molecule has 0 fully saturated rings. The smallest absolute Gasteiger partial charge is 0.224 e. The number of rotatable bonds is 8. The van der Waals surface area contributed by atoms with Gasteiger partial charge in [-0.25, -0.2) is 4.68 Å². The fourth-order valence-corrected chi connectivity index (χ4v) is 2.63. The summed E-state index contributed by atoms with van der Waals surface area (Å²) in [4.78, 5) is 12.1. The number of aryl methyl sites for hydroxylation is 1. The molecule has 6 heteroatoms. The molecule has 0 radical (unpaired) electrons. The summed E-state index contributed by atoms with van der Waals surface area (Å²) in [7, 11) is 1.54. The fraction of sp³-hybridized carbons (Fsp3) is 0.444. The summed E-state index contributed by atoms with van der Waals surface area (Å²) < 4.78 is 6.72. The molecule has 0 aliphatic rings. The highest BCUT2D eigenvalue weighted by molar-refractivity contribution is 5.79. The second-order valence-corrected chi connectivity index (χ2v) is 5.82. The van der Waals surface area contributed by atoms with Crippen molar-refractivity contribution >= 4 is 5.91 Å². The minimum absolute atomic E-state index is 0.0709. The van der Waals surface area contributed by atoms with Gasteiger partial charge in [0.25, 0.3) is 0 Å². The average molecular weight is 331 g/mol. The maximum atomic E-state index is 12.1. The summed E-state index contributed by atoms with van der Waals surface area (Å²) in [5, 5.41) is 17.0. The van der Waals surface area contributed by atoms with Gasteiger partial charge in [-0.15, -0.1) is 0 Å². The number of aliphatic hydroxyl groups excluding tert-OH is 1. The third-order valence-electron chi connectivity index (χ3n) is 3.94. The molecule has 2 N–H and O–H groups in total. The van der Waals surface area contributed by atoms with Gasteiger partial charge in [-0.1, -0.05) is 18.2 Å². The number of aromatic nitrogens is 2. The van der Waals surface area contributed by atoms with Gasteiger partial charge < -0.3 is 15.2 Å². The Morgan fingerprint density at radius 1 is 1.33 bits per heavy atom. The van der Waals surface area contributed by atoms with E-state index >= 15 is 0 Å². The van der Waals surface area contributed by atoms with E-state index in [1.165, 1.54) is 7.11 Å². The van der Waals surface area contributed by atoms with Gasteiger partial charge >= 0.3 is 0 Å². The molecule has 6 nitrogen and oxygen atoms in total. The molecule has 1 heterocycles. The monoisotopic (exact) mass is 331 g/mol. The molecular weight excluding hydrogens is 306 g/mol. The molecule has 1 amide bonds. The third kappa shape index (κ3) is 4.66. The Kier molecular flexibility index (Phi) is 6.52. The number of nitrogens with one attached hydrogen (secondary N) is 1. The van der Waals surface area contributed by atoms with Crippen molar-refractivity contribution in [3.05, 3.63) is 47.3 Å². The minimum Gasteiger partial charge on any atom is -0.391 e. The summed E-state index contributed by atoms with van der Waals surface area (Å²) in [6.07, 6.45) is 0.200. The molecule has 0 aliphatic carbocycles. The highest BCUT2D eigenvalue weighted by Gasteiger charge is 2.16. The van der Waals surface area contributed by atoms with Crippen molar-refractivity contribution in [3.8, 4) is 5.69 Å². The maximum Gasteiger partial charge on any atom is 0.224 e. The molecule has 1 unspecified atom stereocenters. The summed E-state index contributed by atoms with van der Waals surface area (Å²) >= 11 is 0. The van der Waals surface area contributed by atoms with E-state index in [4.69, 9.17) is 4.74 Å². The predicted molar refractivity (Wildman–Crippen MR) is 92.3 cm³/mol. The molecule has 2 rings (SSSR count). The van der Waals surface area contributed by atoms with Gasteiger partial charge in [0.1, 0.15) is 0 Å². The first-order valence-electron chi connectivity index (χ1n) is 8.07. The Labute approximate surface area is 142 Å². The quantitative estimate of drug-likeness (QED) is 0.769. The number of hydrogen-bond acceptors (Lipinski definition) is 4. The summed E-state index contributed by atoms with van der Waals surface area (Å²) in [6, 6.07) is 9.86. The molecule has 0 aliphatic heterocycles. The summed E-state index contributed by atoms with van der Waals surface area (Å²) in [6.45, 7) is 4.58. The molecule has 1 aromatic carbocycles. The number of nitrogens with zero attached hydrogens (tertiary/aromatic N) is 2. The lowest BCUT2D eigenvalue weighted by Gasteiger charge is -2.10. The molecule has 1 aromatic heterocycles. The number of amides is 1. The molecule has 130 valence electrons. The van der Waals surface area contributed by atoms with Crippen LogP contribution in [-0.2, 0) is 16.0 Å². The first kappa shape index (κ1) is 18.2. The second-order valence-electron chi connectivity index (χ2n) is 5.82. The van der Waals surface area contributed by atoms with E-state index in [0.29, 0.717) is 13.0 Å². The minimum atomic E-state index is -0.556. The van der Waals surface area contributed by atoms with Crippen molar-refractivity contribution in [3.63, 3.8) is 0 Å². The van der Waals surface area contributed by atoms with Crippen LogP contribution < -0.4 is 5.32 Å². The predicted octanol–water partition coefficient (Wildman–Crippen LogP) is 1.55. The van der Waals surface area contributed by atoms with Crippen LogP contribution in [0.5, 0.6) is 0 Å². The van der Waals surface area contributed by atoms with Crippen LogP contribution >= 0.6 is 0 Å². The highest BCUT2D eigenvalue weighted by atomic mass is 16.5. The number of aliphatic hydroxyl groups is 1. The molecule has 0 bridgehead atoms. The van der Waals surface area contributed by atoms with Crippen molar-refractivity contribution < 1.29 is 14.6 Å². The van der Waals surface area contributed by atoms with E-state index in [-0.39, 0.29) is 18.9 Å². The lowest BCUT2D eigenvalue weighted by atomic mass is 10.1. The first-order chi connectivity index (χ1) is 11.5. The summed E-state index contributed by atoms with van der Waals surface area (Å²) in [5.74, 6) is -0.0709. The van der Waals surface area contributed by atoms with Gasteiger partial charge in [0.15, 0.2) is 0 Å². The standard InChI is InChI=1S/C18H25N3O3/c1-13-17(11-18(23)19-10-9-16(22)12-24-3)14(2)21(20-13)15-7-5-4-6-8-15/h4-8,16,22H,9-12H2,1-3H3,(H,19,23). The van der Waals surface area contributed by atoms with Crippen LogP contribution in [0.2, 0.25) is 0 Å². The van der Waals surface area contributed by atoms with Crippen molar-refractivity contribution in [2.24, 2.45) is 0 Å².